The van der Waals surface area contributed by atoms with Crippen molar-refractivity contribution in [1.82, 2.24) is 9.55 Å². The van der Waals surface area contributed by atoms with Crippen LogP contribution in [-0.4, -0.2) is 15.3 Å². The zero-order valence-electron chi connectivity index (χ0n) is 8.48. The third-order valence-electron chi connectivity index (χ3n) is 2.12. The van der Waals surface area contributed by atoms with Crippen LogP contribution in [0.4, 0.5) is 0 Å². The fraction of sp³-hybridized carbons (Fsp3) is 0.300. The molecule has 0 saturated carbocycles. The average molecular weight is 222 g/mol. The molecular weight excluding hydrogens is 212 g/mol. The summed E-state index contributed by atoms with van der Waals surface area (Å²) in [6, 6.07) is 0. The lowest BCUT2D eigenvalue weighted by Crippen LogP contribution is -2.22. The van der Waals surface area contributed by atoms with Crippen molar-refractivity contribution in [2.75, 3.05) is 0 Å². The molecule has 2 rings (SSSR count). The molecule has 2 heterocycles. The van der Waals surface area contributed by atoms with Crippen LogP contribution in [0.5, 0.6) is 0 Å². The number of aryl methyl sites for hydroxylation is 1. The first-order valence-electron chi connectivity index (χ1n) is 4.52. The van der Waals surface area contributed by atoms with E-state index >= 15 is 0 Å². The normalized spacial score (nSPS) is 10.8. The van der Waals surface area contributed by atoms with Gasteiger partial charge in [0, 0.05) is 0 Å². The molecule has 4 nitrogen and oxygen atoms in total. The molecule has 5 heteroatoms. The summed E-state index contributed by atoms with van der Waals surface area (Å²) in [6.07, 6.45) is 1.44. The van der Waals surface area contributed by atoms with Crippen LogP contribution < -0.4 is 5.56 Å². The van der Waals surface area contributed by atoms with Crippen molar-refractivity contribution in [3.63, 3.8) is 0 Å². The van der Waals surface area contributed by atoms with Crippen LogP contribution in [-0.2, 0) is 11.3 Å². The third-order valence-corrected chi connectivity index (χ3v) is 3.19. The summed E-state index contributed by atoms with van der Waals surface area (Å²) in [4.78, 5) is 27.0. The van der Waals surface area contributed by atoms with Gasteiger partial charge in [-0.25, -0.2) is 4.98 Å². The molecule has 0 N–H and O–H groups in total. The molecule has 0 aliphatic heterocycles. The molecule has 15 heavy (non-hydrogen) atoms. The van der Waals surface area contributed by atoms with Gasteiger partial charge in [-0.2, -0.15) is 0 Å². The van der Waals surface area contributed by atoms with Gasteiger partial charge in [-0.15, -0.1) is 11.3 Å². The van der Waals surface area contributed by atoms with Gasteiger partial charge in [-0.1, -0.05) is 0 Å². The summed E-state index contributed by atoms with van der Waals surface area (Å²) < 4.78 is 1.97. The fourth-order valence-corrected chi connectivity index (χ4v) is 2.36. The highest BCUT2D eigenvalue weighted by molar-refractivity contribution is 7.17. The Bertz CT molecular complexity index is 583. The van der Waals surface area contributed by atoms with Gasteiger partial charge in [0.05, 0.1) is 18.4 Å². The second-order valence-corrected chi connectivity index (χ2v) is 4.36. The van der Waals surface area contributed by atoms with Gasteiger partial charge in [-0.3, -0.25) is 14.2 Å². The van der Waals surface area contributed by atoms with E-state index in [1.54, 1.807) is 0 Å². The average Bonchev–Trinajstić information content (AvgIpc) is 2.53. The van der Waals surface area contributed by atoms with Gasteiger partial charge in [0.2, 0.25) is 0 Å². The minimum Gasteiger partial charge on any atom is -0.298 e. The van der Waals surface area contributed by atoms with Crippen molar-refractivity contribution < 1.29 is 4.79 Å². The van der Waals surface area contributed by atoms with E-state index in [2.05, 4.69) is 4.98 Å². The second kappa shape index (κ2) is 3.58. The minimum absolute atomic E-state index is 0.0495. The Morgan fingerprint density at radius 3 is 3.00 bits per heavy atom. The number of rotatable bonds is 2. The summed E-state index contributed by atoms with van der Waals surface area (Å²) in [5, 5.41) is 1.90. The molecule has 0 bridgehead atoms. The fourth-order valence-electron chi connectivity index (χ4n) is 1.41. The van der Waals surface area contributed by atoms with Crippen LogP contribution >= 0.6 is 11.3 Å². The lowest BCUT2D eigenvalue weighted by atomic mass is 10.3. The van der Waals surface area contributed by atoms with Crippen LogP contribution in [0, 0.1) is 6.92 Å². The summed E-state index contributed by atoms with van der Waals surface area (Å²) in [5.41, 5.74) is 1.61. The van der Waals surface area contributed by atoms with Crippen molar-refractivity contribution in [2.24, 2.45) is 0 Å². The number of Topliss-reactive ketones (excluding diaryl/α,β-unsaturated/α-hetero) is 1. The van der Waals surface area contributed by atoms with Crippen LogP contribution in [0.25, 0.3) is 10.2 Å². The topological polar surface area (TPSA) is 52.0 Å². The van der Waals surface area contributed by atoms with E-state index in [1.165, 1.54) is 29.2 Å². The van der Waals surface area contributed by atoms with Gasteiger partial charge in [0.25, 0.3) is 5.56 Å². The van der Waals surface area contributed by atoms with E-state index in [-0.39, 0.29) is 17.9 Å². The van der Waals surface area contributed by atoms with Crippen LogP contribution in [0.15, 0.2) is 16.5 Å². The zero-order chi connectivity index (χ0) is 11.0. The predicted molar refractivity (Wildman–Crippen MR) is 59.3 cm³/mol. The summed E-state index contributed by atoms with van der Waals surface area (Å²) in [6.45, 7) is 3.47. The van der Waals surface area contributed by atoms with Crippen molar-refractivity contribution in [2.45, 2.75) is 20.4 Å². The Labute approximate surface area is 90.2 Å². The number of aromatic nitrogens is 2. The quantitative estimate of drug-likeness (QED) is 0.770. The molecule has 0 spiro atoms. The monoisotopic (exact) mass is 222 g/mol. The molecule has 2 aromatic heterocycles. The van der Waals surface area contributed by atoms with Crippen molar-refractivity contribution in [3.05, 3.63) is 27.6 Å². The molecule has 0 radical (unpaired) electrons. The number of ketones is 1. The molecule has 0 unspecified atom stereocenters. The summed E-state index contributed by atoms with van der Waals surface area (Å²) in [5.74, 6) is -0.0495. The molecule has 0 aliphatic carbocycles. The van der Waals surface area contributed by atoms with E-state index in [4.69, 9.17) is 0 Å². The number of carbonyl (C=O) groups excluding carboxylic acids is 1. The lowest BCUT2D eigenvalue weighted by molar-refractivity contribution is -0.117. The molecule has 78 valence electrons. The van der Waals surface area contributed by atoms with Gasteiger partial charge < -0.3 is 0 Å². The lowest BCUT2D eigenvalue weighted by Gasteiger charge is -2.01. The zero-order valence-corrected chi connectivity index (χ0v) is 9.30. The van der Waals surface area contributed by atoms with Gasteiger partial charge in [-0.05, 0) is 24.8 Å². The largest absolute Gasteiger partial charge is 0.298 e. The summed E-state index contributed by atoms with van der Waals surface area (Å²) >= 11 is 1.37. The van der Waals surface area contributed by atoms with Crippen molar-refractivity contribution >= 4 is 27.3 Å². The van der Waals surface area contributed by atoms with Crippen LogP contribution in [0.1, 0.15) is 12.5 Å². The molecule has 0 aliphatic rings. The maximum atomic E-state index is 11.9. The number of nitrogens with zero attached hydrogens (tertiary/aromatic N) is 2. The molecule has 0 aromatic carbocycles. The Balaban J connectivity index is 2.66. The molecule has 0 amide bonds. The Hall–Kier alpha value is -1.49. The van der Waals surface area contributed by atoms with Crippen molar-refractivity contribution in [1.29, 1.82) is 0 Å². The SMILES string of the molecule is CC(=O)Cn1cnc2c(C)csc2c1=O. The van der Waals surface area contributed by atoms with E-state index < -0.39 is 0 Å². The predicted octanol–water partition coefficient (Wildman–Crippen LogP) is 1.36. The van der Waals surface area contributed by atoms with E-state index in [9.17, 15) is 9.59 Å². The number of fused-ring (bicyclic) bond motifs is 1. The highest BCUT2D eigenvalue weighted by Crippen LogP contribution is 2.19. The molecular formula is C10H10N2O2S. The van der Waals surface area contributed by atoms with Crippen LogP contribution in [0.2, 0.25) is 0 Å². The highest BCUT2D eigenvalue weighted by atomic mass is 32.1. The smallest absolute Gasteiger partial charge is 0.271 e. The van der Waals surface area contributed by atoms with Gasteiger partial charge in [0.1, 0.15) is 10.5 Å². The molecule has 0 fully saturated rings. The number of carbonyl (C=O) groups is 1. The first kappa shape index (κ1) is 10.0. The first-order chi connectivity index (χ1) is 7.09. The third kappa shape index (κ3) is 1.70. The second-order valence-electron chi connectivity index (χ2n) is 3.48. The first-order valence-corrected chi connectivity index (χ1v) is 5.40. The Morgan fingerprint density at radius 2 is 2.33 bits per heavy atom. The highest BCUT2D eigenvalue weighted by Gasteiger charge is 2.08. The standard InChI is InChI=1S/C10H10N2O2S/c1-6-4-15-9-8(6)11-5-12(10(9)14)3-7(2)13/h4-5H,3H2,1-2H3. The van der Waals surface area contributed by atoms with Gasteiger partial charge >= 0.3 is 0 Å². The molecule has 0 atom stereocenters. The Kier molecular flexibility index (Phi) is 2.40. The maximum Gasteiger partial charge on any atom is 0.271 e. The maximum absolute atomic E-state index is 11.9. The number of thiophene rings is 1. The minimum atomic E-state index is -0.131. The molecule has 0 saturated heterocycles. The van der Waals surface area contributed by atoms with E-state index in [0.717, 1.165) is 11.1 Å². The summed E-state index contributed by atoms with van der Waals surface area (Å²) in [7, 11) is 0. The van der Waals surface area contributed by atoms with Crippen LogP contribution in [0.3, 0.4) is 0 Å². The van der Waals surface area contributed by atoms with Crippen molar-refractivity contribution in [3.8, 4) is 0 Å². The van der Waals surface area contributed by atoms with E-state index in [1.807, 2.05) is 12.3 Å². The number of hydrogen-bond acceptors (Lipinski definition) is 4. The Morgan fingerprint density at radius 1 is 1.60 bits per heavy atom. The number of hydrogen-bond donors (Lipinski definition) is 0. The molecule has 2 aromatic rings. The van der Waals surface area contributed by atoms with Gasteiger partial charge in [0.15, 0.2) is 0 Å². The van der Waals surface area contributed by atoms with E-state index in [0.29, 0.717) is 4.70 Å².